The zero-order valence-corrected chi connectivity index (χ0v) is 14.1. The number of aryl methyl sites for hydroxylation is 1. The van der Waals surface area contributed by atoms with E-state index in [2.05, 4.69) is 15.5 Å². The molecule has 0 radical (unpaired) electrons. The molecule has 2 rings (SSSR count). The van der Waals surface area contributed by atoms with Crippen molar-refractivity contribution in [3.05, 3.63) is 16.9 Å². The van der Waals surface area contributed by atoms with Crippen molar-refractivity contribution in [1.82, 2.24) is 14.8 Å². The number of aromatic nitrogens is 3. The van der Waals surface area contributed by atoms with E-state index in [4.69, 9.17) is 15.4 Å². The van der Waals surface area contributed by atoms with E-state index in [0.29, 0.717) is 16.5 Å². The van der Waals surface area contributed by atoms with Crippen molar-refractivity contribution in [2.45, 2.75) is 32.0 Å². The Bertz CT molecular complexity index is 856. The first-order valence-corrected chi connectivity index (χ1v) is 7.90. The molecule has 0 aromatic carbocycles. The highest BCUT2D eigenvalue weighted by atomic mass is 32.2. The van der Waals surface area contributed by atoms with Crippen LogP contribution in [0, 0.1) is 36.5 Å². The van der Waals surface area contributed by atoms with Crippen LogP contribution in [0.4, 0.5) is 11.8 Å². The molecule has 1 atom stereocenters. The third kappa shape index (κ3) is 3.19. The van der Waals surface area contributed by atoms with Gasteiger partial charge >= 0.3 is 0 Å². The van der Waals surface area contributed by atoms with Crippen LogP contribution in [0.25, 0.3) is 0 Å². The second kappa shape index (κ2) is 7.06. The Morgan fingerprint density at radius 2 is 2.17 bits per heavy atom. The van der Waals surface area contributed by atoms with Gasteiger partial charge in [-0.15, -0.1) is 10.2 Å². The molecule has 24 heavy (non-hydrogen) atoms. The van der Waals surface area contributed by atoms with Gasteiger partial charge in [0, 0.05) is 5.56 Å². The number of nitrogens with zero attached hydrogens (tertiary/aromatic N) is 5. The van der Waals surface area contributed by atoms with Crippen molar-refractivity contribution in [1.29, 1.82) is 10.5 Å². The van der Waals surface area contributed by atoms with Crippen molar-refractivity contribution in [3.63, 3.8) is 0 Å². The Hall–Kier alpha value is -2.98. The molecule has 1 amide bonds. The predicted molar refractivity (Wildman–Crippen MR) is 87.0 cm³/mol. The smallest absolute Gasteiger partial charge is 0.249 e. The number of carbonyl (C=O) groups excluding carboxylic acids is 1. The van der Waals surface area contributed by atoms with Crippen LogP contribution in [-0.4, -0.2) is 26.4 Å². The van der Waals surface area contributed by atoms with Gasteiger partial charge in [-0.25, -0.2) is 0 Å². The minimum Gasteiger partial charge on any atom is -0.444 e. The van der Waals surface area contributed by atoms with Crippen molar-refractivity contribution in [2.75, 3.05) is 16.8 Å². The molecule has 124 valence electrons. The van der Waals surface area contributed by atoms with E-state index in [0.717, 1.165) is 11.8 Å². The third-order valence-electron chi connectivity index (χ3n) is 3.46. The van der Waals surface area contributed by atoms with E-state index in [-0.39, 0.29) is 23.1 Å². The lowest BCUT2D eigenvalue weighted by Gasteiger charge is -2.15. The monoisotopic (exact) mass is 345 g/mol. The maximum atomic E-state index is 12.5. The highest BCUT2D eigenvalue weighted by molar-refractivity contribution is 7.99. The number of anilines is 2. The summed E-state index contributed by atoms with van der Waals surface area (Å²) in [6.45, 7) is 5.06. The third-order valence-corrected chi connectivity index (χ3v) is 4.27. The van der Waals surface area contributed by atoms with Crippen LogP contribution >= 0.6 is 11.8 Å². The molecule has 0 fully saturated rings. The standard InChI is InChI=1S/C14H15N7O2S/c1-7-9(3)23-12(10(7)6-16)18-11(22)8(2)21-13(17)19-20-14(21)24-5-4-15/h8H,5H2,1-3H3,(H2,17,19)(H,18,22). The molecule has 0 aliphatic rings. The van der Waals surface area contributed by atoms with Crippen molar-refractivity contribution in [2.24, 2.45) is 0 Å². The average molecular weight is 345 g/mol. The Kier molecular flexibility index (Phi) is 5.11. The Labute approximate surface area is 142 Å². The van der Waals surface area contributed by atoms with Crippen molar-refractivity contribution < 1.29 is 9.21 Å². The van der Waals surface area contributed by atoms with Gasteiger partial charge in [-0.2, -0.15) is 10.5 Å². The molecule has 0 aliphatic heterocycles. The summed E-state index contributed by atoms with van der Waals surface area (Å²) >= 11 is 1.13. The maximum Gasteiger partial charge on any atom is 0.249 e. The number of hydrogen-bond acceptors (Lipinski definition) is 8. The molecule has 3 N–H and O–H groups in total. The summed E-state index contributed by atoms with van der Waals surface area (Å²) in [7, 11) is 0. The number of amides is 1. The molecule has 0 bridgehead atoms. The van der Waals surface area contributed by atoms with Crippen LogP contribution in [0.1, 0.15) is 29.9 Å². The van der Waals surface area contributed by atoms with Gasteiger partial charge in [0.2, 0.25) is 17.7 Å². The zero-order chi connectivity index (χ0) is 17.9. The van der Waals surface area contributed by atoms with Crippen LogP contribution < -0.4 is 11.1 Å². The van der Waals surface area contributed by atoms with Gasteiger partial charge in [0.15, 0.2) is 5.16 Å². The quantitative estimate of drug-likeness (QED) is 0.779. The normalized spacial score (nSPS) is 11.5. The van der Waals surface area contributed by atoms with Crippen molar-refractivity contribution >= 4 is 29.5 Å². The molecular weight excluding hydrogens is 330 g/mol. The minimum atomic E-state index is -0.751. The molecule has 10 heteroatoms. The van der Waals surface area contributed by atoms with Gasteiger partial charge in [0.05, 0.1) is 11.8 Å². The van der Waals surface area contributed by atoms with Crippen LogP contribution in [0.5, 0.6) is 0 Å². The summed E-state index contributed by atoms with van der Waals surface area (Å²) in [6.07, 6.45) is 0. The number of nitrogen functional groups attached to an aromatic ring is 1. The molecule has 2 aromatic heterocycles. The summed E-state index contributed by atoms with van der Waals surface area (Å²) in [5.41, 5.74) is 6.72. The summed E-state index contributed by atoms with van der Waals surface area (Å²) in [4.78, 5) is 12.5. The fourth-order valence-corrected chi connectivity index (χ4v) is 2.71. The van der Waals surface area contributed by atoms with E-state index in [9.17, 15) is 10.1 Å². The molecule has 0 saturated carbocycles. The topological polar surface area (TPSA) is 147 Å². The van der Waals surface area contributed by atoms with Gasteiger partial charge in [-0.1, -0.05) is 11.8 Å². The molecule has 0 spiro atoms. The summed E-state index contributed by atoms with van der Waals surface area (Å²) < 4.78 is 6.85. The van der Waals surface area contributed by atoms with Crippen molar-refractivity contribution in [3.8, 4) is 12.1 Å². The predicted octanol–water partition coefficient (Wildman–Crippen LogP) is 1.76. The van der Waals surface area contributed by atoms with Crippen LogP contribution in [-0.2, 0) is 4.79 Å². The first-order valence-electron chi connectivity index (χ1n) is 6.91. The van der Waals surface area contributed by atoms with Gasteiger partial charge in [-0.3, -0.25) is 14.7 Å². The molecule has 0 aliphatic carbocycles. The van der Waals surface area contributed by atoms with Gasteiger partial charge in [0.25, 0.3) is 0 Å². The molecule has 2 heterocycles. The van der Waals surface area contributed by atoms with Crippen LogP contribution in [0.3, 0.4) is 0 Å². The number of nitriles is 2. The Balaban J connectivity index is 2.26. The lowest BCUT2D eigenvalue weighted by molar-refractivity contribution is -0.119. The number of carbonyl (C=O) groups is 1. The fourth-order valence-electron chi connectivity index (χ4n) is 2.03. The van der Waals surface area contributed by atoms with Crippen LogP contribution in [0.2, 0.25) is 0 Å². The second-order valence-electron chi connectivity index (χ2n) is 4.92. The van der Waals surface area contributed by atoms with E-state index in [1.807, 2.05) is 12.1 Å². The number of nitrogens with one attached hydrogen (secondary N) is 1. The molecular formula is C14H15N7O2S. The number of furan rings is 1. The number of rotatable bonds is 5. The van der Waals surface area contributed by atoms with Gasteiger partial charge < -0.3 is 10.2 Å². The second-order valence-corrected chi connectivity index (χ2v) is 5.86. The highest BCUT2D eigenvalue weighted by Crippen LogP contribution is 2.27. The van der Waals surface area contributed by atoms with E-state index < -0.39 is 11.9 Å². The number of nitrogens with two attached hydrogens (primary N) is 1. The van der Waals surface area contributed by atoms with E-state index >= 15 is 0 Å². The fraction of sp³-hybridized carbons (Fsp3) is 0.357. The highest BCUT2D eigenvalue weighted by Gasteiger charge is 2.25. The largest absolute Gasteiger partial charge is 0.444 e. The summed E-state index contributed by atoms with van der Waals surface area (Å²) in [5.74, 6) is 0.434. The minimum absolute atomic E-state index is 0.0606. The number of thioether (sulfide) groups is 1. The van der Waals surface area contributed by atoms with E-state index in [1.54, 1.807) is 20.8 Å². The van der Waals surface area contributed by atoms with Gasteiger partial charge in [-0.05, 0) is 20.8 Å². The van der Waals surface area contributed by atoms with Gasteiger partial charge in [0.1, 0.15) is 23.4 Å². The molecule has 2 aromatic rings. The summed E-state index contributed by atoms with van der Waals surface area (Å²) in [5, 5.41) is 28.4. The van der Waals surface area contributed by atoms with E-state index in [1.165, 1.54) is 4.57 Å². The molecule has 0 saturated heterocycles. The van der Waals surface area contributed by atoms with Crippen LogP contribution in [0.15, 0.2) is 9.57 Å². The SMILES string of the molecule is Cc1oc(NC(=O)C(C)n2c(N)nnc2SCC#N)c(C#N)c1C. The maximum absolute atomic E-state index is 12.5. The lowest BCUT2D eigenvalue weighted by atomic mass is 10.2. The molecule has 9 nitrogen and oxygen atoms in total. The first-order chi connectivity index (χ1) is 11.4. The summed E-state index contributed by atoms with van der Waals surface area (Å²) in [6, 6.07) is 3.23. The average Bonchev–Trinajstić information content (AvgIpc) is 3.04. The number of hydrogen-bond donors (Lipinski definition) is 2. The Morgan fingerprint density at radius 3 is 2.79 bits per heavy atom. The molecule has 1 unspecified atom stereocenters. The zero-order valence-electron chi connectivity index (χ0n) is 13.3. The lowest BCUT2D eigenvalue weighted by Crippen LogP contribution is -2.25. The first kappa shape index (κ1) is 17.4. The Morgan fingerprint density at radius 1 is 1.46 bits per heavy atom.